The van der Waals surface area contributed by atoms with Gasteiger partial charge in [0.1, 0.15) is 11.3 Å². The van der Waals surface area contributed by atoms with Gasteiger partial charge in [0.15, 0.2) is 0 Å². The van der Waals surface area contributed by atoms with Crippen LogP contribution in [0.5, 0.6) is 0 Å². The SMILES string of the molecule is C[C@@H]1OC(C)(C)N(C(=O)OC(C)(C)C)[C@@H]1CNc1ncc(Br)cn1. The second-order valence-electron chi connectivity index (χ2n) is 7.29. The molecule has 24 heavy (non-hydrogen) atoms. The Labute approximate surface area is 151 Å². The predicted molar refractivity (Wildman–Crippen MR) is 94.7 cm³/mol. The van der Waals surface area contributed by atoms with Gasteiger partial charge in [0.05, 0.1) is 16.6 Å². The molecule has 2 heterocycles. The molecule has 0 aliphatic carbocycles. The molecule has 1 N–H and O–H groups in total. The summed E-state index contributed by atoms with van der Waals surface area (Å²) in [6.07, 6.45) is 2.80. The van der Waals surface area contributed by atoms with Crippen molar-refractivity contribution in [1.29, 1.82) is 0 Å². The molecule has 0 radical (unpaired) electrons. The monoisotopic (exact) mass is 400 g/mol. The van der Waals surface area contributed by atoms with Crippen LogP contribution in [-0.4, -0.2) is 51.0 Å². The van der Waals surface area contributed by atoms with Crippen LogP contribution >= 0.6 is 15.9 Å². The molecular weight excluding hydrogens is 376 g/mol. The number of anilines is 1. The summed E-state index contributed by atoms with van der Waals surface area (Å²) < 4.78 is 12.3. The molecule has 2 rings (SSSR count). The molecule has 1 aromatic heterocycles. The first-order chi connectivity index (χ1) is 11.0. The maximum Gasteiger partial charge on any atom is 0.412 e. The lowest BCUT2D eigenvalue weighted by Crippen LogP contribution is -2.52. The van der Waals surface area contributed by atoms with E-state index in [0.29, 0.717) is 12.5 Å². The molecule has 0 aromatic carbocycles. The van der Waals surface area contributed by atoms with Crippen LogP contribution in [0.4, 0.5) is 10.7 Å². The van der Waals surface area contributed by atoms with E-state index in [2.05, 4.69) is 31.2 Å². The van der Waals surface area contributed by atoms with Gasteiger partial charge in [-0.1, -0.05) is 0 Å². The van der Waals surface area contributed by atoms with E-state index in [1.807, 2.05) is 41.5 Å². The highest BCUT2D eigenvalue weighted by atomic mass is 79.9. The molecule has 1 saturated heterocycles. The average molecular weight is 401 g/mol. The first kappa shape index (κ1) is 18.9. The van der Waals surface area contributed by atoms with Crippen LogP contribution in [0.3, 0.4) is 0 Å². The molecule has 2 atom stereocenters. The molecule has 134 valence electrons. The van der Waals surface area contributed by atoms with Gasteiger partial charge in [-0.3, -0.25) is 4.90 Å². The van der Waals surface area contributed by atoms with Crippen molar-refractivity contribution < 1.29 is 14.3 Å². The van der Waals surface area contributed by atoms with Crippen molar-refractivity contribution in [3.05, 3.63) is 16.9 Å². The maximum absolute atomic E-state index is 12.6. The molecule has 1 aromatic rings. The summed E-state index contributed by atoms with van der Waals surface area (Å²) >= 11 is 3.30. The Bertz CT molecular complexity index is 586. The standard InChI is InChI=1S/C16H25BrN4O3/c1-10-12(9-20-13-18-7-11(17)8-19-13)21(16(5,6)23-10)14(22)24-15(2,3)4/h7-8,10,12H,9H2,1-6H3,(H,18,19,20)/t10-,12+/m0/s1. The van der Waals surface area contributed by atoms with Gasteiger partial charge in [-0.25, -0.2) is 14.8 Å². The molecule has 8 heteroatoms. The molecule has 1 aliphatic heterocycles. The van der Waals surface area contributed by atoms with E-state index in [0.717, 1.165) is 4.47 Å². The number of carbonyl (C=O) groups excluding carboxylic acids is 1. The second kappa shape index (κ2) is 6.84. The van der Waals surface area contributed by atoms with Crippen molar-refractivity contribution in [2.75, 3.05) is 11.9 Å². The number of ether oxygens (including phenoxy) is 2. The van der Waals surface area contributed by atoms with Crippen molar-refractivity contribution in [3.8, 4) is 0 Å². The summed E-state index contributed by atoms with van der Waals surface area (Å²) in [5.41, 5.74) is -1.31. The molecule has 1 amide bonds. The highest BCUT2D eigenvalue weighted by Crippen LogP contribution is 2.33. The zero-order chi connectivity index (χ0) is 18.1. The third-order valence-corrected chi connectivity index (χ3v) is 4.02. The van der Waals surface area contributed by atoms with E-state index >= 15 is 0 Å². The van der Waals surface area contributed by atoms with E-state index in [-0.39, 0.29) is 18.2 Å². The lowest BCUT2D eigenvalue weighted by molar-refractivity contribution is -0.0755. The Morgan fingerprint density at radius 2 is 2.00 bits per heavy atom. The Morgan fingerprint density at radius 3 is 2.54 bits per heavy atom. The molecule has 0 unspecified atom stereocenters. The highest BCUT2D eigenvalue weighted by Gasteiger charge is 2.49. The van der Waals surface area contributed by atoms with Gasteiger partial charge in [0.25, 0.3) is 0 Å². The number of halogens is 1. The number of hydrogen-bond acceptors (Lipinski definition) is 6. The lowest BCUT2D eigenvalue weighted by atomic mass is 10.1. The van der Waals surface area contributed by atoms with Crippen LogP contribution in [0, 0.1) is 0 Å². The Hall–Kier alpha value is -1.41. The zero-order valence-corrected chi connectivity index (χ0v) is 16.5. The van der Waals surface area contributed by atoms with Gasteiger partial charge in [-0.2, -0.15) is 0 Å². The summed E-state index contributed by atoms with van der Waals surface area (Å²) in [5, 5.41) is 3.16. The third kappa shape index (κ3) is 4.57. The fourth-order valence-corrected chi connectivity index (χ4v) is 2.93. The summed E-state index contributed by atoms with van der Waals surface area (Å²) in [4.78, 5) is 22.7. The molecule has 0 spiro atoms. The molecule has 0 saturated carbocycles. The van der Waals surface area contributed by atoms with Crippen LogP contribution < -0.4 is 5.32 Å². The van der Waals surface area contributed by atoms with Crippen LogP contribution in [0.15, 0.2) is 16.9 Å². The molecule has 1 fully saturated rings. The van der Waals surface area contributed by atoms with Crippen LogP contribution in [0.2, 0.25) is 0 Å². The van der Waals surface area contributed by atoms with Crippen LogP contribution in [0.25, 0.3) is 0 Å². The van der Waals surface area contributed by atoms with Crippen molar-refractivity contribution in [2.24, 2.45) is 0 Å². The average Bonchev–Trinajstić information content (AvgIpc) is 2.65. The Balaban J connectivity index is 2.12. The van der Waals surface area contributed by atoms with Gasteiger partial charge in [-0.15, -0.1) is 0 Å². The van der Waals surface area contributed by atoms with E-state index < -0.39 is 11.3 Å². The number of aromatic nitrogens is 2. The number of carbonyl (C=O) groups is 1. The first-order valence-corrected chi connectivity index (χ1v) is 8.70. The highest BCUT2D eigenvalue weighted by molar-refractivity contribution is 9.10. The van der Waals surface area contributed by atoms with Gasteiger partial charge in [-0.05, 0) is 57.5 Å². The minimum absolute atomic E-state index is 0.143. The fraction of sp³-hybridized carbons (Fsp3) is 0.688. The Morgan fingerprint density at radius 1 is 1.42 bits per heavy atom. The van der Waals surface area contributed by atoms with Crippen LogP contribution in [-0.2, 0) is 9.47 Å². The summed E-state index contributed by atoms with van der Waals surface area (Å²) in [7, 11) is 0. The predicted octanol–water partition coefficient (Wildman–Crippen LogP) is 3.41. The molecule has 7 nitrogen and oxygen atoms in total. The van der Waals surface area contributed by atoms with E-state index in [4.69, 9.17) is 9.47 Å². The molecular formula is C16H25BrN4O3. The minimum atomic E-state index is -0.741. The van der Waals surface area contributed by atoms with E-state index in [9.17, 15) is 4.79 Å². The van der Waals surface area contributed by atoms with Gasteiger partial charge in [0, 0.05) is 18.9 Å². The van der Waals surface area contributed by atoms with Crippen LogP contribution in [0.1, 0.15) is 41.5 Å². The largest absolute Gasteiger partial charge is 0.444 e. The first-order valence-electron chi connectivity index (χ1n) is 7.91. The number of rotatable bonds is 3. The fourth-order valence-electron chi connectivity index (χ4n) is 2.72. The van der Waals surface area contributed by atoms with Crippen molar-refractivity contribution in [1.82, 2.24) is 14.9 Å². The smallest absolute Gasteiger partial charge is 0.412 e. The second-order valence-corrected chi connectivity index (χ2v) is 8.21. The van der Waals surface area contributed by atoms with E-state index in [1.165, 1.54) is 0 Å². The third-order valence-electron chi connectivity index (χ3n) is 3.61. The van der Waals surface area contributed by atoms with Crippen molar-refractivity contribution >= 4 is 28.0 Å². The summed E-state index contributed by atoms with van der Waals surface area (Å²) in [6.45, 7) is 11.7. The Kier molecular flexibility index (Phi) is 5.39. The minimum Gasteiger partial charge on any atom is -0.444 e. The van der Waals surface area contributed by atoms with Gasteiger partial charge in [0.2, 0.25) is 5.95 Å². The maximum atomic E-state index is 12.6. The topological polar surface area (TPSA) is 76.6 Å². The normalized spacial score (nSPS) is 23.2. The van der Waals surface area contributed by atoms with Gasteiger partial charge >= 0.3 is 6.09 Å². The number of amides is 1. The number of nitrogens with one attached hydrogen (secondary N) is 1. The quantitative estimate of drug-likeness (QED) is 0.837. The van der Waals surface area contributed by atoms with Gasteiger partial charge < -0.3 is 14.8 Å². The molecule has 0 bridgehead atoms. The zero-order valence-electron chi connectivity index (χ0n) is 15.0. The van der Waals surface area contributed by atoms with Crippen molar-refractivity contribution in [2.45, 2.75) is 65.0 Å². The lowest BCUT2D eigenvalue weighted by Gasteiger charge is -2.35. The molecule has 1 aliphatic rings. The van der Waals surface area contributed by atoms with Crippen molar-refractivity contribution in [3.63, 3.8) is 0 Å². The summed E-state index contributed by atoms with van der Waals surface area (Å²) in [5.74, 6) is 0.499. The summed E-state index contributed by atoms with van der Waals surface area (Å²) in [6, 6.07) is -0.193. The van der Waals surface area contributed by atoms with E-state index in [1.54, 1.807) is 17.3 Å². The number of nitrogens with zero attached hydrogens (tertiary/aromatic N) is 3. The number of hydrogen-bond donors (Lipinski definition) is 1.